The minimum Gasteiger partial charge on any atom is -0.492 e. The molecule has 0 aliphatic rings. The highest BCUT2D eigenvalue weighted by Crippen LogP contribution is 2.12. The molecule has 1 atom stereocenters. The summed E-state index contributed by atoms with van der Waals surface area (Å²) < 4.78 is 5.58. The third kappa shape index (κ3) is 4.33. The molecule has 110 valence electrons. The van der Waals surface area contributed by atoms with Crippen molar-refractivity contribution in [2.45, 2.75) is 6.04 Å². The maximum atomic E-state index is 12.2. The topological polar surface area (TPSA) is 55.6 Å². The highest BCUT2D eigenvalue weighted by atomic mass is 16.5. The number of hydrogen-bond acceptors (Lipinski definition) is 3. The van der Waals surface area contributed by atoms with E-state index in [1.165, 1.54) is 0 Å². The van der Waals surface area contributed by atoms with Crippen molar-refractivity contribution in [2.75, 3.05) is 20.2 Å². The van der Waals surface area contributed by atoms with Crippen LogP contribution in [0, 0.1) is 0 Å². The molecule has 0 radical (unpaired) electrons. The number of ether oxygens (including phenoxy) is 1. The second kappa shape index (κ2) is 7.45. The maximum absolute atomic E-state index is 12.2. The minimum atomic E-state index is -0.632. The first-order chi connectivity index (χ1) is 10.2. The molecule has 0 aromatic heterocycles. The third-order valence-electron chi connectivity index (χ3n) is 3.24. The van der Waals surface area contributed by atoms with Gasteiger partial charge in [0.05, 0.1) is 6.54 Å². The predicted octanol–water partition coefficient (Wildman–Crippen LogP) is 2.22. The van der Waals surface area contributed by atoms with Crippen molar-refractivity contribution in [1.82, 2.24) is 4.90 Å². The first-order valence-electron chi connectivity index (χ1n) is 6.92. The highest BCUT2D eigenvalue weighted by molar-refractivity contribution is 5.82. The van der Waals surface area contributed by atoms with Gasteiger partial charge in [-0.25, -0.2) is 0 Å². The Balaban J connectivity index is 1.82. The number of benzene rings is 2. The van der Waals surface area contributed by atoms with Crippen LogP contribution in [0.4, 0.5) is 0 Å². The van der Waals surface area contributed by atoms with E-state index in [0.717, 1.165) is 11.3 Å². The van der Waals surface area contributed by atoms with Crippen molar-refractivity contribution in [1.29, 1.82) is 0 Å². The molecule has 21 heavy (non-hydrogen) atoms. The van der Waals surface area contributed by atoms with Gasteiger partial charge in [0.2, 0.25) is 5.91 Å². The Kier molecular flexibility index (Phi) is 5.35. The molecule has 2 aromatic rings. The quantitative estimate of drug-likeness (QED) is 0.885. The van der Waals surface area contributed by atoms with Crippen LogP contribution in [0.1, 0.15) is 11.6 Å². The van der Waals surface area contributed by atoms with E-state index in [1.807, 2.05) is 60.7 Å². The third-order valence-corrected chi connectivity index (χ3v) is 3.24. The number of nitrogens with two attached hydrogens (primary N) is 1. The molecule has 0 saturated heterocycles. The summed E-state index contributed by atoms with van der Waals surface area (Å²) in [7, 11) is 1.74. The van der Waals surface area contributed by atoms with E-state index in [1.54, 1.807) is 11.9 Å². The zero-order chi connectivity index (χ0) is 15.1. The van der Waals surface area contributed by atoms with Crippen molar-refractivity contribution in [2.24, 2.45) is 5.73 Å². The number of likely N-dealkylation sites (N-methyl/N-ethyl adjacent to an activating group) is 1. The van der Waals surface area contributed by atoms with Crippen molar-refractivity contribution < 1.29 is 9.53 Å². The maximum Gasteiger partial charge on any atom is 0.243 e. The summed E-state index contributed by atoms with van der Waals surface area (Å²) >= 11 is 0. The summed E-state index contributed by atoms with van der Waals surface area (Å²) in [5, 5.41) is 0. The van der Waals surface area contributed by atoms with Crippen molar-refractivity contribution in [3.8, 4) is 5.75 Å². The van der Waals surface area contributed by atoms with Gasteiger partial charge in [0.25, 0.3) is 0 Å². The highest BCUT2D eigenvalue weighted by Gasteiger charge is 2.19. The van der Waals surface area contributed by atoms with Crippen LogP contribution in [0.2, 0.25) is 0 Å². The summed E-state index contributed by atoms with van der Waals surface area (Å²) in [5.74, 6) is 0.684. The Bertz CT molecular complexity index is 558. The first kappa shape index (κ1) is 15.1. The first-order valence-corrected chi connectivity index (χ1v) is 6.92. The van der Waals surface area contributed by atoms with Crippen LogP contribution in [-0.2, 0) is 4.79 Å². The van der Waals surface area contributed by atoms with Gasteiger partial charge in [0.1, 0.15) is 18.4 Å². The number of carbonyl (C=O) groups is 1. The largest absolute Gasteiger partial charge is 0.492 e. The molecule has 0 aliphatic heterocycles. The Morgan fingerprint density at radius 3 is 2.29 bits per heavy atom. The van der Waals surface area contributed by atoms with Crippen LogP contribution >= 0.6 is 0 Å². The fourth-order valence-corrected chi connectivity index (χ4v) is 1.97. The second-order valence-corrected chi connectivity index (χ2v) is 4.81. The molecular weight excluding hydrogens is 264 g/mol. The zero-order valence-electron chi connectivity index (χ0n) is 12.1. The lowest BCUT2D eigenvalue weighted by Crippen LogP contribution is -2.38. The molecule has 0 bridgehead atoms. The lowest BCUT2D eigenvalue weighted by Gasteiger charge is -2.21. The van der Waals surface area contributed by atoms with Gasteiger partial charge in [-0.2, -0.15) is 0 Å². The minimum absolute atomic E-state index is 0.113. The molecule has 0 saturated carbocycles. The van der Waals surface area contributed by atoms with E-state index in [2.05, 4.69) is 0 Å². The summed E-state index contributed by atoms with van der Waals surface area (Å²) in [6, 6.07) is 18.3. The molecule has 2 N–H and O–H groups in total. The van der Waals surface area contributed by atoms with Gasteiger partial charge in [0.15, 0.2) is 0 Å². The van der Waals surface area contributed by atoms with Gasteiger partial charge in [0, 0.05) is 7.05 Å². The van der Waals surface area contributed by atoms with Crippen molar-refractivity contribution in [3.63, 3.8) is 0 Å². The monoisotopic (exact) mass is 284 g/mol. The van der Waals surface area contributed by atoms with Crippen molar-refractivity contribution in [3.05, 3.63) is 66.2 Å². The number of hydrogen-bond donors (Lipinski definition) is 1. The fraction of sp³-hybridized carbons (Fsp3) is 0.235. The van der Waals surface area contributed by atoms with Gasteiger partial charge in [-0.3, -0.25) is 4.79 Å². The Morgan fingerprint density at radius 2 is 1.67 bits per heavy atom. The average Bonchev–Trinajstić information content (AvgIpc) is 2.55. The molecule has 0 fully saturated rings. The van der Waals surface area contributed by atoms with Gasteiger partial charge < -0.3 is 15.4 Å². The summed E-state index contributed by atoms with van der Waals surface area (Å²) in [6.07, 6.45) is 0. The van der Waals surface area contributed by atoms with Crippen LogP contribution in [0.3, 0.4) is 0 Å². The van der Waals surface area contributed by atoms with E-state index < -0.39 is 6.04 Å². The zero-order valence-corrected chi connectivity index (χ0v) is 12.1. The normalized spacial score (nSPS) is 11.7. The smallest absolute Gasteiger partial charge is 0.243 e. The van der Waals surface area contributed by atoms with E-state index in [9.17, 15) is 4.79 Å². The van der Waals surface area contributed by atoms with E-state index in [0.29, 0.717) is 13.2 Å². The predicted molar refractivity (Wildman–Crippen MR) is 82.9 cm³/mol. The Hall–Kier alpha value is -2.33. The second-order valence-electron chi connectivity index (χ2n) is 4.81. The van der Waals surface area contributed by atoms with Crippen LogP contribution in [0.25, 0.3) is 0 Å². The summed E-state index contributed by atoms with van der Waals surface area (Å²) in [5.41, 5.74) is 6.81. The summed E-state index contributed by atoms with van der Waals surface area (Å²) in [6.45, 7) is 0.933. The molecule has 1 unspecified atom stereocenters. The molecular formula is C17H20N2O2. The Labute approximate surface area is 125 Å². The van der Waals surface area contributed by atoms with Gasteiger partial charge in [-0.15, -0.1) is 0 Å². The molecule has 1 amide bonds. The molecule has 0 spiro atoms. The lowest BCUT2D eigenvalue weighted by molar-refractivity contribution is -0.131. The number of nitrogens with zero attached hydrogens (tertiary/aromatic N) is 1. The van der Waals surface area contributed by atoms with Crippen LogP contribution in [-0.4, -0.2) is 31.0 Å². The van der Waals surface area contributed by atoms with Crippen molar-refractivity contribution >= 4 is 5.91 Å². The van der Waals surface area contributed by atoms with Gasteiger partial charge in [-0.1, -0.05) is 48.5 Å². The molecule has 4 heteroatoms. The van der Waals surface area contributed by atoms with Crippen LogP contribution < -0.4 is 10.5 Å². The standard InChI is InChI=1S/C17H20N2O2/c1-19(12-13-21-15-10-6-3-7-11-15)17(20)16(18)14-8-4-2-5-9-14/h2-11,16H,12-13,18H2,1H3. The van der Waals surface area contributed by atoms with E-state index in [-0.39, 0.29) is 5.91 Å². The van der Waals surface area contributed by atoms with Gasteiger partial charge in [-0.05, 0) is 17.7 Å². The number of carbonyl (C=O) groups excluding carboxylic acids is 1. The lowest BCUT2D eigenvalue weighted by atomic mass is 10.1. The van der Waals surface area contributed by atoms with E-state index >= 15 is 0 Å². The SMILES string of the molecule is CN(CCOc1ccccc1)C(=O)C(N)c1ccccc1. The molecule has 4 nitrogen and oxygen atoms in total. The number of para-hydroxylation sites is 1. The summed E-state index contributed by atoms with van der Waals surface area (Å²) in [4.78, 5) is 13.8. The Morgan fingerprint density at radius 1 is 1.10 bits per heavy atom. The average molecular weight is 284 g/mol. The van der Waals surface area contributed by atoms with E-state index in [4.69, 9.17) is 10.5 Å². The van der Waals surface area contributed by atoms with Crippen LogP contribution in [0.15, 0.2) is 60.7 Å². The number of rotatable bonds is 6. The molecule has 0 aliphatic carbocycles. The van der Waals surface area contributed by atoms with Crippen LogP contribution in [0.5, 0.6) is 5.75 Å². The van der Waals surface area contributed by atoms with Gasteiger partial charge >= 0.3 is 0 Å². The fourth-order valence-electron chi connectivity index (χ4n) is 1.97. The molecule has 0 heterocycles. The molecule has 2 aromatic carbocycles. The molecule has 2 rings (SSSR count). The number of amides is 1.